The first-order valence-electron chi connectivity index (χ1n) is 8.36. The second-order valence-electron chi connectivity index (χ2n) is 6.25. The van der Waals surface area contributed by atoms with E-state index in [0.29, 0.717) is 10.9 Å². The van der Waals surface area contributed by atoms with Crippen molar-refractivity contribution in [1.29, 1.82) is 0 Å². The number of nitrogens with one attached hydrogen (secondary N) is 1. The van der Waals surface area contributed by atoms with Gasteiger partial charge in [0.1, 0.15) is 5.82 Å². The molecule has 0 saturated carbocycles. The number of fused-ring (bicyclic) bond motifs is 1. The van der Waals surface area contributed by atoms with Crippen molar-refractivity contribution >= 4 is 10.9 Å². The molecule has 0 bridgehead atoms. The third-order valence-corrected chi connectivity index (χ3v) is 4.58. The molecule has 4 heteroatoms. The Balaban J connectivity index is 1.57. The van der Waals surface area contributed by atoms with Crippen molar-refractivity contribution in [3.8, 4) is 11.1 Å². The van der Waals surface area contributed by atoms with Crippen LogP contribution in [0.3, 0.4) is 0 Å². The lowest BCUT2D eigenvalue weighted by molar-refractivity contribution is 0.233. The number of pyridine rings is 1. The molecule has 1 aliphatic heterocycles. The summed E-state index contributed by atoms with van der Waals surface area (Å²) in [5, 5.41) is 3.94. The van der Waals surface area contributed by atoms with Crippen LogP contribution >= 0.6 is 0 Å². The van der Waals surface area contributed by atoms with Gasteiger partial charge in [-0.15, -0.1) is 0 Å². The summed E-state index contributed by atoms with van der Waals surface area (Å²) in [4.78, 5) is 6.84. The summed E-state index contributed by atoms with van der Waals surface area (Å²) in [5.74, 6) is -0.225. The number of halogens is 1. The molecule has 0 aliphatic carbocycles. The second-order valence-corrected chi connectivity index (χ2v) is 6.25. The van der Waals surface area contributed by atoms with Gasteiger partial charge in [-0.1, -0.05) is 30.3 Å². The smallest absolute Gasteiger partial charge is 0.132 e. The van der Waals surface area contributed by atoms with Crippen molar-refractivity contribution in [1.82, 2.24) is 15.2 Å². The van der Waals surface area contributed by atoms with E-state index in [2.05, 4.69) is 39.5 Å². The highest BCUT2D eigenvalue weighted by Gasteiger charge is 2.10. The number of aromatic nitrogens is 1. The van der Waals surface area contributed by atoms with Crippen LogP contribution in [0.15, 0.2) is 54.7 Å². The second kappa shape index (κ2) is 6.67. The predicted molar refractivity (Wildman–Crippen MR) is 95.3 cm³/mol. The molecule has 0 radical (unpaired) electrons. The van der Waals surface area contributed by atoms with Gasteiger partial charge in [0, 0.05) is 49.9 Å². The molecule has 1 aliphatic rings. The summed E-state index contributed by atoms with van der Waals surface area (Å²) >= 11 is 0. The highest BCUT2D eigenvalue weighted by molar-refractivity contribution is 5.84. The number of rotatable bonds is 3. The van der Waals surface area contributed by atoms with Crippen LogP contribution < -0.4 is 5.32 Å². The van der Waals surface area contributed by atoms with E-state index < -0.39 is 0 Å². The molecule has 2 aromatic carbocycles. The zero-order chi connectivity index (χ0) is 16.4. The minimum atomic E-state index is -0.225. The van der Waals surface area contributed by atoms with Gasteiger partial charge in [0.25, 0.3) is 0 Å². The molecule has 0 atom stereocenters. The van der Waals surface area contributed by atoms with Crippen LogP contribution in [0, 0.1) is 5.82 Å². The third kappa shape index (κ3) is 3.16. The van der Waals surface area contributed by atoms with Crippen LogP contribution in [0.5, 0.6) is 0 Å². The Hall–Kier alpha value is -2.30. The SMILES string of the molecule is Fc1cccc2ncc(-c3ccc(CN4CCNCC4)cc3)cc12. The van der Waals surface area contributed by atoms with E-state index in [1.54, 1.807) is 6.07 Å². The van der Waals surface area contributed by atoms with Gasteiger partial charge >= 0.3 is 0 Å². The lowest BCUT2D eigenvalue weighted by Crippen LogP contribution is -2.42. The van der Waals surface area contributed by atoms with Crippen LogP contribution in [-0.4, -0.2) is 36.1 Å². The van der Waals surface area contributed by atoms with Crippen molar-refractivity contribution in [2.75, 3.05) is 26.2 Å². The van der Waals surface area contributed by atoms with Crippen molar-refractivity contribution in [3.63, 3.8) is 0 Å². The normalized spacial score (nSPS) is 15.7. The minimum absolute atomic E-state index is 0.225. The van der Waals surface area contributed by atoms with Crippen molar-refractivity contribution in [3.05, 3.63) is 66.1 Å². The molecular weight excluding hydrogens is 301 g/mol. The van der Waals surface area contributed by atoms with Gasteiger partial charge in [0.05, 0.1) is 5.52 Å². The summed E-state index contributed by atoms with van der Waals surface area (Å²) < 4.78 is 14.0. The Morgan fingerprint density at radius 2 is 1.79 bits per heavy atom. The molecule has 1 aromatic heterocycles. The van der Waals surface area contributed by atoms with Crippen molar-refractivity contribution in [2.24, 2.45) is 0 Å². The van der Waals surface area contributed by atoms with Crippen LogP contribution in [0.25, 0.3) is 22.0 Å². The van der Waals surface area contributed by atoms with Crippen LogP contribution in [0.2, 0.25) is 0 Å². The van der Waals surface area contributed by atoms with Crippen LogP contribution in [0.1, 0.15) is 5.56 Å². The number of benzene rings is 2. The van der Waals surface area contributed by atoms with Crippen molar-refractivity contribution in [2.45, 2.75) is 6.54 Å². The molecule has 0 spiro atoms. The Morgan fingerprint density at radius 3 is 2.58 bits per heavy atom. The van der Waals surface area contributed by atoms with E-state index >= 15 is 0 Å². The molecule has 2 heterocycles. The Bertz CT molecular complexity index is 839. The van der Waals surface area contributed by atoms with Gasteiger partial charge in [-0.3, -0.25) is 9.88 Å². The average Bonchev–Trinajstić information content (AvgIpc) is 2.63. The van der Waals surface area contributed by atoms with Crippen LogP contribution in [0.4, 0.5) is 4.39 Å². The lowest BCUT2D eigenvalue weighted by atomic mass is 10.0. The molecule has 24 heavy (non-hydrogen) atoms. The van der Waals surface area contributed by atoms with E-state index in [4.69, 9.17) is 0 Å². The molecule has 1 N–H and O–H groups in total. The topological polar surface area (TPSA) is 28.2 Å². The number of nitrogens with zero attached hydrogens (tertiary/aromatic N) is 2. The van der Waals surface area contributed by atoms with E-state index in [0.717, 1.165) is 43.9 Å². The standard InChI is InChI=1S/C20H20FN3/c21-19-2-1-3-20-18(19)12-17(13-23-20)16-6-4-15(5-7-16)14-24-10-8-22-9-11-24/h1-7,12-13,22H,8-11,14H2. The maximum atomic E-state index is 14.0. The fraction of sp³-hybridized carbons (Fsp3) is 0.250. The van der Waals surface area contributed by atoms with E-state index in [-0.39, 0.29) is 5.82 Å². The first-order chi connectivity index (χ1) is 11.8. The Kier molecular flexibility index (Phi) is 4.24. The molecule has 1 saturated heterocycles. The molecule has 1 fully saturated rings. The van der Waals surface area contributed by atoms with Crippen molar-refractivity contribution < 1.29 is 4.39 Å². The molecule has 4 rings (SSSR count). The van der Waals surface area contributed by atoms with E-state index in [1.165, 1.54) is 11.6 Å². The highest BCUT2D eigenvalue weighted by Crippen LogP contribution is 2.25. The fourth-order valence-corrected chi connectivity index (χ4v) is 3.20. The maximum Gasteiger partial charge on any atom is 0.132 e. The Morgan fingerprint density at radius 1 is 1.00 bits per heavy atom. The summed E-state index contributed by atoms with van der Waals surface area (Å²) in [5.41, 5.74) is 4.01. The number of hydrogen-bond donors (Lipinski definition) is 1. The summed E-state index contributed by atoms with van der Waals surface area (Å²) in [6.45, 7) is 5.29. The Labute approximate surface area is 141 Å². The van der Waals surface area contributed by atoms with Gasteiger partial charge in [-0.25, -0.2) is 4.39 Å². The van der Waals surface area contributed by atoms with Gasteiger partial charge in [0.2, 0.25) is 0 Å². The van der Waals surface area contributed by atoms with Gasteiger partial charge in [-0.2, -0.15) is 0 Å². The quantitative estimate of drug-likeness (QED) is 0.801. The average molecular weight is 321 g/mol. The first-order valence-corrected chi connectivity index (χ1v) is 8.36. The molecule has 122 valence electrons. The van der Waals surface area contributed by atoms with Crippen LogP contribution in [-0.2, 0) is 6.54 Å². The van der Waals surface area contributed by atoms with Gasteiger partial charge in [0.15, 0.2) is 0 Å². The van der Waals surface area contributed by atoms with E-state index in [9.17, 15) is 4.39 Å². The first kappa shape index (κ1) is 15.2. The number of piperazine rings is 1. The predicted octanol–water partition coefficient (Wildman–Crippen LogP) is 3.45. The zero-order valence-electron chi connectivity index (χ0n) is 13.5. The minimum Gasteiger partial charge on any atom is -0.314 e. The summed E-state index contributed by atoms with van der Waals surface area (Å²) in [6.07, 6.45) is 1.81. The summed E-state index contributed by atoms with van der Waals surface area (Å²) in [6, 6.07) is 15.4. The van der Waals surface area contributed by atoms with Gasteiger partial charge in [-0.05, 0) is 29.3 Å². The van der Waals surface area contributed by atoms with Gasteiger partial charge < -0.3 is 5.32 Å². The molecule has 0 amide bonds. The third-order valence-electron chi connectivity index (χ3n) is 4.58. The molecule has 3 aromatic rings. The monoisotopic (exact) mass is 321 g/mol. The summed E-state index contributed by atoms with van der Waals surface area (Å²) in [7, 11) is 0. The maximum absolute atomic E-state index is 14.0. The molecule has 0 unspecified atom stereocenters. The zero-order valence-corrected chi connectivity index (χ0v) is 13.5. The fourth-order valence-electron chi connectivity index (χ4n) is 3.20. The number of hydrogen-bond acceptors (Lipinski definition) is 3. The largest absolute Gasteiger partial charge is 0.314 e. The molecule has 3 nitrogen and oxygen atoms in total. The highest BCUT2D eigenvalue weighted by atomic mass is 19.1. The van der Waals surface area contributed by atoms with E-state index in [1.807, 2.05) is 18.3 Å². The molecular formula is C20H20FN3. The lowest BCUT2D eigenvalue weighted by Gasteiger charge is -2.27.